The summed E-state index contributed by atoms with van der Waals surface area (Å²) in [5.74, 6) is 0.0680. The van der Waals surface area contributed by atoms with E-state index in [4.69, 9.17) is 16.2 Å². The van der Waals surface area contributed by atoms with E-state index in [2.05, 4.69) is 10.1 Å². The number of fused-ring (bicyclic) bond motifs is 3. The fourth-order valence-corrected chi connectivity index (χ4v) is 3.35. The minimum Gasteiger partial charge on any atom is -0.508 e. The summed E-state index contributed by atoms with van der Waals surface area (Å²) in [7, 11) is 0. The topological polar surface area (TPSA) is 149 Å². The lowest BCUT2D eigenvalue weighted by molar-refractivity contribution is -0.119. The SMILES string of the molecule is Cc1cc(C)c(-n2nc3c(c2N)c(=O)[nH]c2cc(OCC(N)=O)ccc23)cc1O. The van der Waals surface area contributed by atoms with E-state index in [1.54, 1.807) is 31.2 Å². The molecule has 2 aromatic heterocycles. The molecule has 0 atom stereocenters. The van der Waals surface area contributed by atoms with Gasteiger partial charge in [-0.25, -0.2) is 4.68 Å². The number of amides is 1. The van der Waals surface area contributed by atoms with Crippen LogP contribution in [-0.4, -0.2) is 32.4 Å². The van der Waals surface area contributed by atoms with Crippen LogP contribution in [0.15, 0.2) is 35.1 Å². The number of anilines is 1. The maximum atomic E-state index is 12.7. The molecule has 0 bridgehead atoms. The zero-order valence-corrected chi connectivity index (χ0v) is 15.8. The van der Waals surface area contributed by atoms with Crippen molar-refractivity contribution < 1.29 is 14.6 Å². The molecule has 1 amide bonds. The number of rotatable bonds is 4. The zero-order valence-electron chi connectivity index (χ0n) is 15.8. The number of aryl methyl sites for hydroxylation is 2. The van der Waals surface area contributed by atoms with Crippen molar-refractivity contribution in [2.45, 2.75) is 13.8 Å². The van der Waals surface area contributed by atoms with Crippen molar-refractivity contribution in [3.63, 3.8) is 0 Å². The first-order valence-corrected chi connectivity index (χ1v) is 8.82. The highest BCUT2D eigenvalue weighted by molar-refractivity contribution is 6.07. The molecule has 9 nitrogen and oxygen atoms in total. The molecule has 0 saturated carbocycles. The summed E-state index contributed by atoms with van der Waals surface area (Å²) in [4.78, 5) is 26.4. The number of nitrogens with zero attached hydrogens (tertiary/aromatic N) is 2. The van der Waals surface area contributed by atoms with Crippen LogP contribution < -0.4 is 21.8 Å². The van der Waals surface area contributed by atoms with Gasteiger partial charge in [-0.15, -0.1) is 0 Å². The molecule has 0 aliphatic rings. The molecule has 0 aliphatic heterocycles. The number of ether oxygens (including phenoxy) is 1. The highest BCUT2D eigenvalue weighted by atomic mass is 16.5. The lowest BCUT2D eigenvalue weighted by Gasteiger charge is -2.10. The largest absolute Gasteiger partial charge is 0.508 e. The van der Waals surface area contributed by atoms with Gasteiger partial charge in [0.2, 0.25) is 0 Å². The Balaban J connectivity index is 1.94. The number of carbonyl (C=O) groups is 1. The number of nitrogen functional groups attached to an aromatic ring is 1. The van der Waals surface area contributed by atoms with Crippen LogP contribution in [0.3, 0.4) is 0 Å². The van der Waals surface area contributed by atoms with Crippen molar-refractivity contribution in [2.75, 3.05) is 12.3 Å². The van der Waals surface area contributed by atoms with Gasteiger partial charge in [0.1, 0.15) is 28.2 Å². The predicted octanol–water partition coefficient (Wildman–Crippen LogP) is 1.64. The Morgan fingerprint density at radius 2 is 2.00 bits per heavy atom. The van der Waals surface area contributed by atoms with Gasteiger partial charge in [-0.05, 0) is 37.1 Å². The minimum atomic E-state index is -0.600. The first kappa shape index (κ1) is 18.4. The molecular weight excluding hydrogens is 374 g/mol. The predicted molar refractivity (Wildman–Crippen MR) is 109 cm³/mol. The third-order valence-corrected chi connectivity index (χ3v) is 4.77. The van der Waals surface area contributed by atoms with Crippen molar-refractivity contribution in [2.24, 2.45) is 5.73 Å². The van der Waals surface area contributed by atoms with Gasteiger partial charge in [0, 0.05) is 17.5 Å². The number of nitrogens with two attached hydrogens (primary N) is 2. The number of phenolic OH excluding ortho intramolecular Hbond substituents is 1. The maximum Gasteiger partial charge on any atom is 0.261 e. The normalized spacial score (nSPS) is 11.2. The molecule has 2 heterocycles. The highest BCUT2D eigenvalue weighted by Gasteiger charge is 2.18. The van der Waals surface area contributed by atoms with Gasteiger partial charge in [-0.1, -0.05) is 6.07 Å². The smallest absolute Gasteiger partial charge is 0.261 e. The monoisotopic (exact) mass is 393 g/mol. The molecule has 148 valence electrons. The molecule has 0 aliphatic carbocycles. The second-order valence-corrected chi connectivity index (χ2v) is 6.86. The quantitative estimate of drug-likeness (QED) is 0.414. The third kappa shape index (κ3) is 3.02. The Kier molecular flexibility index (Phi) is 4.15. The molecule has 0 radical (unpaired) electrons. The fourth-order valence-electron chi connectivity index (χ4n) is 3.35. The number of benzene rings is 2. The Hall–Kier alpha value is -4.01. The summed E-state index contributed by atoms with van der Waals surface area (Å²) in [5, 5.41) is 15.6. The lowest BCUT2D eigenvalue weighted by Crippen LogP contribution is -2.20. The number of carbonyl (C=O) groups excluding carboxylic acids is 1. The van der Waals surface area contributed by atoms with Crippen LogP contribution in [-0.2, 0) is 4.79 Å². The molecule has 0 fully saturated rings. The number of aromatic hydroxyl groups is 1. The molecule has 2 aromatic carbocycles. The van der Waals surface area contributed by atoms with E-state index in [0.717, 1.165) is 11.1 Å². The average Bonchev–Trinajstić information content (AvgIpc) is 3.01. The molecule has 4 rings (SSSR count). The molecule has 0 saturated heterocycles. The number of H-pyrrole nitrogens is 1. The fraction of sp³-hybridized carbons (Fsp3) is 0.150. The number of aromatic amines is 1. The number of pyridine rings is 1. The van der Waals surface area contributed by atoms with E-state index < -0.39 is 11.5 Å². The van der Waals surface area contributed by atoms with Crippen molar-refractivity contribution >= 4 is 33.5 Å². The van der Waals surface area contributed by atoms with Crippen LogP contribution in [0, 0.1) is 13.8 Å². The second-order valence-electron chi connectivity index (χ2n) is 6.86. The number of hydrogen-bond acceptors (Lipinski definition) is 6. The van der Waals surface area contributed by atoms with E-state index in [1.165, 1.54) is 4.68 Å². The van der Waals surface area contributed by atoms with Gasteiger partial charge >= 0.3 is 0 Å². The van der Waals surface area contributed by atoms with Gasteiger partial charge in [0.15, 0.2) is 6.61 Å². The third-order valence-electron chi connectivity index (χ3n) is 4.77. The molecule has 6 N–H and O–H groups in total. The van der Waals surface area contributed by atoms with Crippen LogP contribution in [0.25, 0.3) is 27.5 Å². The summed E-state index contributed by atoms with van der Waals surface area (Å²) in [5.41, 5.74) is 14.0. The van der Waals surface area contributed by atoms with Crippen LogP contribution >= 0.6 is 0 Å². The summed E-state index contributed by atoms with van der Waals surface area (Å²) in [6.45, 7) is 3.40. The van der Waals surface area contributed by atoms with Crippen LogP contribution in [0.1, 0.15) is 11.1 Å². The number of aromatic nitrogens is 3. The molecule has 9 heteroatoms. The lowest BCUT2D eigenvalue weighted by atomic mass is 10.1. The van der Waals surface area contributed by atoms with Gasteiger partial charge in [-0.2, -0.15) is 5.10 Å². The highest BCUT2D eigenvalue weighted by Crippen LogP contribution is 2.31. The minimum absolute atomic E-state index is 0.111. The van der Waals surface area contributed by atoms with Gasteiger partial charge in [-0.3, -0.25) is 9.59 Å². The van der Waals surface area contributed by atoms with E-state index >= 15 is 0 Å². The summed E-state index contributed by atoms with van der Waals surface area (Å²) < 4.78 is 6.74. The van der Waals surface area contributed by atoms with Crippen molar-refractivity contribution in [3.05, 3.63) is 51.8 Å². The molecular formula is C20H19N5O4. The number of phenols is 1. The van der Waals surface area contributed by atoms with E-state index in [1.807, 2.05) is 13.0 Å². The zero-order chi connectivity index (χ0) is 20.9. The van der Waals surface area contributed by atoms with Gasteiger partial charge in [0.25, 0.3) is 11.5 Å². The Morgan fingerprint density at radius 3 is 2.72 bits per heavy atom. The summed E-state index contributed by atoms with van der Waals surface area (Å²) in [6, 6.07) is 8.36. The first-order valence-electron chi connectivity index (χ1n) is 8.82. The maximum absolute atomic E-state index is 12.7. The molecule has 4 aromatic rings. The van der Waals surface area contributed by atoms with Gasteiger partial charge < -0.3 is 26.3 Å². The van der Waals surface area contributed by atoms with E-state index in [0.29, 0.717) is 27.9 Å². The number of nitrogens with one attached hydrogen (secondary N) is 1. The Labute approximate surface area is 164 Å². The Morgan fingerprint density at radius 1 is 1.24 bits per heavy atom. The molecule has 29 heavy (non-hydrogen) atoms. The molecule has 0 spiro atoms. The molecule has 0 unspecified atom stereocenters. The van der Waals surface area contributed by atoms with Crippen LogP contribution in [0.4, 0.5) is 5.82 Å². The number of hydrogen-bond donors (Lipinski definition) is 4. The van der Waals surface area contributed by atoms with Crippen LogP contribution in [0.5, 0.6) is 11.5 Å². The van der Waals surface area contributed by atoms with E-state index in [-0.39, 0.29) is 23.6 Å². The summed E-state index contributed by atoms with van der Waals surface area (Å²) >= 11 is 0. The van der Waals surface area contributed by atoms with E-state index in [9.17, 15) is 14.7 Å². The van der Waals surface area contributed by atoms with Gasteiger partial charge in [0.05, 0.1) is 11.2 Å². The van der Waals surface area contributed by atoms with Crippen molar-refractivity contribution in [1.82, 2.24) is 14.8 Å². The van der Waals surface area contributed by atoms with Crippen molar-refractivity contribution in [3.8, 4) is 17.2 Å². The van der Waals surface area contributed by atoms with Crippen LogP contribution in [0.2, 0.25) is 0 Å². The second kappa shape index (κ2) is 6.55. The summed E-state index contributed by atoms with van der Waals surface area (Å²) in [6.07, 6.45) is 0. The van der Waals surface area contributed by atoms with Crippen molar-refractivity contribution in [1.29, 1.82) is 0 Å². The Bertz CT molecular complexity index is 1350. The standard InChI is InChI=1S/C20H19N5O4/c1-9-5-10(2)15(26)7-14(9)25-19(22)17-18(24-25)12-4-3-11(29-8-16(21)27)6-13(12)23-20(17)28/h3-7,26H,8,22H2,1-2H3,(H2,21,27)(H,23,28). The first-order chi connectivity index (χ1) is 13.8. The number of primary amides is 1. The average molecular weight is 393 g/mol.